The smallest absolute Gasteiger partial charge is 0.123 e. The summed E-state index contributed by atoms with van der Waals surface area (Å²) in [5.74, 6) is 0.799. The number of rotatable bonds is 9. The lowest BCUT2D eigenvalue weighted by Gasteiger charge is -2.20. The number of nitrogens with zero attached hydrogens (tertiary/aromatic N) is 1. The van der Waals surface area contributed by atoms with Gasteiger partial charge in [0.15, 0.2) is 0 Å². The molecule has 0 bridgehead atoms. The Hall–Kier alpha value is -1.14. The molecule has 0 heterocycles. The van der Waals surface area contributed by atoms with Crippen LogP contribution in [0.3, 0.4) is 0 Å². The molecular weight excluding hydrogens is 232 g/mol. The minimum absolute atomic E-state index is 0.0827. The van der Waals surface area contributed by atoms with Crippen molar-refractivity contribution in [2.75, 3.05) is 39.5 Å². The van der Waals surface area contributed by atoms with Crippen molar-refractivity contribution in [2.24, 2.45) is 5.73 Å². The van der Waals surface area contributed by atoms with E-state index in [0.29, 0.717) is 32.8 Å². The third-order valence-corrected chi connectivity index (χ3v) is 2.69. The van der Waals surface area contributed by atoms with Gasteiger partial charge >= 0.3 is 0 Å². The number of aliphatic hydroxyl groups is 2. The summed E-state index contributed by atoms with van der Waals surface area (Å²) in [6.45, 7) is 2.88. The molecule has 4 N–H and O–H groups in total. The molecule has 0 aliphatic carbocycles. The summed E-state index contributed by atoms with van der Waals surface area (Å²) in [4.78, 5) is 1.95. The molecule has 1 aromatic carbocycles. The molecule has 5 nitrogen and oxygen atoms in total. The summed E-state index contributed by atoms with van der Waals surface area (Å²) in [7, 11) is 0. The SMILES string of the molecule is NCc1ccccc1OCCN(CCO)CCO. The predicted molar refractivity (Wildman–Crippen MR) is 70.4 cm³/mol. The van der Waals surface area contributed by atoms with Crippen LogP contribution in [0.15, 0.2) is 24.3 Å². The first kappa shape index (κ1) is 14.9. The molecule has 0 saturated carbocycles. The van der Waals surface area contributed by atoms with Gasteiger partial charge < -0.3 is 20.7 Å². The van der Waals surface area contributed by atoms with E-state index in [0.717, 1.165) is 11.3 Å². The van der Waals surface area contributed by atoms with Crippen molar-refractivity contribution in [1.82, 2.24) is 4.90 Å². The zero-order valence-corrected chi connectivity index (χ0v) is 10.6. The van der Waals surface area contributed by atoms with Gasteiger partial charge in [-0.15, -0.1) is 0 Å². The van der Waals surface area contributed by atoms with Gasteiger partial charge in [-0.05, 0) is 6.07 Å². The summed E-state index contributed by atoms with van der Waals surface area (Å²) >= 11 is 0. The number of hydrogen-bond donors (Lipinski definition) is 3. The maximum Gasteiger partial charge on any atom is 0.123 e. The van der Waals surface area contributed by atoms with E-state index in [-0.39, 0.29) is 13.2 Å². The van der Waals surface area contributed by atoms with E-state index in [2.05, 4.69) is 0 Å². The van der Waals surface area contributed by atoms with E-state index >= 15 is 0 Å². The molecular formula is C13H22N2O3. The van der Waals surface area contributed by atoms with Gasteiger partial charge in [-0.3, -0.25) is 4.90 Å². The van der Waals surface area contributed by atoms with Gasteiger partial charge in [-0.2, -0.15) is 0 Å². The van der Waals surface area contributed by atoms with E-state index in [1.54, 1.807) is 0 Å². The molecule has 0 unspecified atom stereocenters. The average Bonchev–Trinajstić information content (AvgIpc) is 2.40. The lowest BCUT2D eigenvalue weighted by atomic mass is 10.2. The zero-order chi connectivity index (χ0) is 13.2. The first-order chi connectivity index (χ1) is 8.81. The Morgan fingerprint density at radius 3 is 2.33 bits per heavy atom. The topological polar surface area (TPSA) is 79.0 Å². The Kier molecular flexibility index (Phi) is 7.36. The van der Waals surface area contributed by atoms with Crippen LogP contribution in [0.4, 0.5) is 0 Å². The highest BCUT2D eigenvalue weighted by molar-refractivity contribution is 5.32. The van der Waals surface area contributed by atoms with Crippen LogP contribution >= 0.6 is 0 Å². The van der Waals surface area contributed by atoms with Gasteiger partial charge in [0.05, 0.1) is 13.2 Å². The minimum Gasteiger partial charge on any atom is -0.492 e. The number of ether oxygens (including phenoxy) is 1. The fraction of sp³-hybridized carbons (Fsp3) is 0.538. The number of nitrogens with two attached hydrogens (primary N) is 1. The summed E-state index contributed by atoms with van der Waals surface area (Å²) in [6, 6.07) is 7.67. The molecule has 0 saturated heterocycles. The minimum atomic E-state index is 0.0827. The van der Waals surface area contributed by atoms with Gasteiger partial charge in [-0.1, -0.05) is 18.2 Å². The highest BCUT2D eigenvalue weighted by Gasteiger charge is 2.05. The molecule has 0 radical (unpaired) electrons. The molecule has 18 heavy (non-hydrogen) atoms. The first-order valence-electron chi connectivity index (χ1n) is 6.16. The molecule has 102 valence electrons. The Labute approximate surface area is 108 Å². The Balaban J connectivity index is 2.39. The molecule has 1 rings (SSSR count). The van der Waals surface area contributed by atoms with Crippen LogP contribution in [0.5, 0.6) is 5.75 Å². The van der Waals surface area contributed by atoms with Crippen LogP contribution in [0.25, 0.3) is 0 Å². The quantitative estimate of drug-likeness (QED) is 0.569. The summed E-state index contributed by atoms with van der Waals surface area (Å²) < 4.78 is 5.67. The predicted octanol–water partition coefficient (Wildman–Crippen LogP) is -0.189. The maximum atomic E-state index is 8.88. The molecule has 0 fully saturated rings. The Morgan fingerprint density at radius 1 is 1.06 bits per heavy atom. The second kappa shape index (κ2) is 8.88. The summed E-state index contributed by atoms with van der Waals surface area (Å²) in [5, 5.41) is 17.8. The van der Waals surface area contributed by atoms with E-state index in [1.807, 2.05) is 29.2 Å². The zero-order valence-electron chi connectivity index (χ0n) is 10.6. The molecule has 0 spiro atoms. The van der Waals surface area contributed by atoms with Crippen LogP contribution in [-0.2, 0) is 6.54 Å². The van der Waals surface area contributed by atoms with Crippen LogP contribution in [0.1, 0.15) is 5.56 Å². The maximum absolute atomic E-state index is 8.88. The molecule has 1 aromatic rings. The molecule has 0 aromatic heterocycles. The molecule has 0 amide bonds. The van der Waals surface area contributed by atoms with Gasteiger partial charge in [0.2, 0.25) is 0 Å². The van der Waals surface area contributed by atoms with Crippen molar-refractivity contribution in [3.05, 3.63) is 29.8 Å². The van der Waals surface area contributed by atoms with Crippen LogP contribution in [-0.4, -0.2) is 54.6 Å². The van der Waals surface area contributed by atoms with E-state index < -0.39 is 0 Å². The monoisotopic (exact) mass is 254 g/mol. The molecule has 0 aliphatic heterocycles. The van der Waals surface area contributed by atoms with Gasteiger partial charge in [0.25, 0.3) is 0 Å². The van der Waals surface area contributed by atoms with Crippen molar-refractivity contribution < 1.29 is 14.9 Å². The average molecular weight is 254 g/mol. The Bertz CT molecular complexity index is 328. The van der Waals surface area contributed by atoms with Crippen molar-refractivity contribution in [3.8, 4) is 5.75 Å². The second-order valence-corrected chi connectivity index (χ2v) is 3.95. The normalized spacial score (nSPS) is 10.9. The molecule has 0 atom stereocenters. The van der Waals surface area contributed by atoms with Gasteiger partial charge in [0.1, 0.15) is 12.4 Å². The lowest BCUT2D eigenvalue weighted by molar-refractivity contribution is 0.141. The fourth-order valence-corrected chi connectivity index (χ4v) is 1.72. The van der Waals surface area contributed by atoms with Crippen LogP contribution < -0.4 is 10.5 Å². The van der Waals surface area contributed by atoms with E-state index in [9.17, 15) is 0 Å². The first-order valence-corrected chi connectivity index (χ1v) is 6.16. The van der Waals surface area contributed by atoms with Crippen molar-refractivity contribution in [3.63, 3.8) is 0 Å². The third-order valence-electron chi connectivity index (χ3n) is 2.69. The summed E-state index contributed by atoms with van der Waals surface area (Å²) in [5.41, 5.74) is 6.60. The van der Waals surface area contributed by atoms with Crippen molar-refractivity contribution in [1.29, 1.82) is 0 Å². The highest BCUT2D eigenvalue weighted by atomic mass is 16.5. The van der Waals surface area contributed by atoms with Gasteiger partial charge in [0, 0.05) is 31.7 Å². The molecule has 5 heteroatoms. The van der Waals surface area contributed by atoms with E-state index in [1.165, 1.54) is 0 Å². The van der Waals surface area contributed by atoms with Gasteiger partial charge in [-0.25, -0.2) is 0 Å². The second-order valence-electron chi connectivity index (χ2n) is 3.95. The largest absolute Gasteiger partial charge is 0.492 e. The lowest BCUT2D eigenvalue weighted by Crippen LogP contribution is -2.33. The van der Waals surface area contributed by atoms with Crippen molar-refractivity contribution >= 4 is 0 Å². The molecule has 0 aliphatic rings. The Morgan fingerprint density at radius 2 is 1.72 bits per heavy atom. The summed E-state index contributed by atoms with van der Waals surface area (Å²) in [6.07, 6.45) is 0. The fourth-order valence-electron chi connectivity index (χ4n) is 1.72. The number of benzene rings is 1. The van der Waals surface area contributed by atoms with Crippen LogP contribution in [0, 0.1) is 0 Å². The number of hydrogen-bond acceptors (Lipinski definition) is 5. The van der Waals surface area contributed by atoms with E-state index in [4.69, 9.17) is 20.7 Å². The number of aliphatic hydroxyl groups excluding tert-OH is 2. The van der Waals surface area contributed by atoms with Crippen LogP contribution in [0.2, 0.25) is 0 Å². The number of para-hydroxylation sites is 1. The standard InChI is InChI=1S/C13H22N2O3/c14-11-12-3-1-2-4-13(12)18-10-7-15(5-8-16)6-9-17/h1-4,16-17H,5-11,14H2. The van der Waals surface area contributed by atoms with Crippen molar-refractivity contribution in [2.45, 2.75) is 6.54 Å². The highest BCUT2D eigenvalue weighted by Crippen LogP contribution is 2.16. The third kappa shape index (κ3) is 5.01.